The van der Waals surface area contributed by atoms with Crippen LogP contribution in [0.15, 0.2) is 69.1 Å². The summed E-state index contributed by atoms with van der Waals surface area (Å²) in [5.41, 5.74) is 2.00. The van der Waals surface area contributed by atoms with E-state index >= 15 is 0 Å². The van der Waals surface area contributed by atoms with Gasteiger partial charge in [-0.25, -0.2) is 9.69 Å². The number of urea groups is 1. The van der Waals surface area contributed by atoms with Crippen LogP contribution in [0, 0.1) is 17.0 Å². The largest absolute Gasteiger partial charge is 0.493 e. The van der Waals surface area contributed by atoms with Crippen LogP contribution in [0.25, 0.3) is 6.08 Å². The summed E-state index contributed by atoms with van der Waals surface area (Å²) in [4.78, 5) is 49.6. The maximum atomic E-state index is 13.3. The summed E-state index contributed by atoms with van der Waals surface area (Å²) in [6.07, 6.45) is 1.36. The van der Waals surface area contributed by atoms with E-state index in [-0.39, 0.29) is 17.9 Å². The zero-order valence-electron chi connectivity index (χ0n) is 20.0. The van der Waals surface area contributed by atoms with E-state index in [9.17, 15) is 24.5 Å². The van der Waals surface area contributed by atoms with E-state index in [1.807, 2.05) is 6.92 Å². The van der Waals surface area contributed by atoms with Gasteiger partial charge in [0.1, 0.15) is 12.2 Å². The van der Waals surface area contributed by atoms with Gasteiger partial charge >= 0.3 is 6.03 Å². The number of aryl methyl sites for hydroxylation is 1. The number of anilines is 1. The first-order chi connectivity index (χ1) is 18.1. The minimum absolute atomic E-state index is 0.0247. The van der Waals surface area contributed by atoms with Crippen LogP contribution in [0.5, 0.6) is 11.5 Å². The van der Waals surface area contributed by atoms with Crippen LogP contribution in [-0.4, -0.2) is 29.9 Å². The molecule has 12 heteroatoms. The molecule has 1 N–H and O–H groups in total. The fourth-order valence-electron chi connectivity index (χ4n) is 3.62. The Balaban J connectivity index is 1.61. The summed E-state index contributed by atoms with van der Waals surface area (Å²) in [6.45, 7) is 1.93. The summed E-state index contributed by atoms with van der Waals surface area (Å²) in [7, 11) is 1.44. The maximum absolute atomic E-state index is 13.3. The number of nitrogens with zero attached hydrogens (tertiary/aromatic N) is 2. The summed E-state index contributed by atoms with van der Waals surface area (Å²) in [5, 5.41) is 13.0. The van der Waals surface area contributed by atoms with Crippen LogP contribution < -0.4 is 19.7 Å². The van der Waals surface area contributed by atoms with Crippen molar-refractivity contribution in [2.75, 3.05) is 12.0 Å². The third-order valence-electron chi connectivity index (χ3n) is 5.63. The SMILES string of the molecule is COc1cc(/C=C2\C(=O)NC(=O)N(c3ccc(Br)c(C)c3)C2=O)c(Br)cc1OCc1ccc([N+](=O)[O-])cc1. The average Bonchev–Trinajstić information content (AvgIpc) is 2.88. The Morgan fingerprint density at radius 2 is 1.71 bits per heavy atom. The second kappa shape index (κ2) is 11.2. The van der Waals surface area contributed by atoms with Gasteiger partial charge in [0, 0.05) is 21.1 Å². The molecule has 1 fully saturated rings. The van der Waals surface area contributed by atoms with Crippen molar-refractivity contribution in [2.24, 2.45) is 0 Å². The molecule has 3 aromatic rings. The molecule has 0 saturated carbocycles. The molecule has 0 unspecified atom stereocenters. The number of benzene rings is 3. The Morgan fingerprint density at radius 1 is 1.00 bits per heavy atom. The third-order valence-corrected chi connectivity index (χ3v) is 7.20. The number of nitrogens with one attached hydrogen (secondary N) is 1. The highest BCUT2D eigenvalue weighted by molar-refractivity contribution is 9.10. The highest BCUT2D eigenvalue weighted by Crippen LogP contribution is 2.36. The van der Waals surface area contributed by atoms with Gasteiger partial charge in [-0.3, -0.25) is 25.0 Å². The molecular weight excluding hydrogens is 626 g/mol. The predicted octanol–water partition coefficient (Wildman–Crippen LogP) is 5.68. The number of hydrogen-bond donors (Lipinski definition) is 1. The molecule has 1 saturated heterocycles. The number of non-ortho nitro benzene ring substituents is 1. The van der Waals surface area contributed by atoms with Crippen LogP contribution in [0.1, 0.15) is 16.7 Å². The minimum Gasteiger partial charge on any atom is -0.493 e. The third kappa shape index (κ3) is 5.60. The topological polar surface area (TPSA) is 128 Å². The smallest absolute Gasteiger partial charge is 0.335 e. The molecule has 0 spiro atoms. The summed E-state index contributed by atoms with van der Waals surface area (Å²) in [6, 6.07) is 13.3. The van der Waals surface area contributed by atoms with Crippen molar-refractivity contribution >= 4 is 67.2 Å². The molecule has 0 aromatic heterocycles. The lowest BCUT2D eigenvalue weighted by molar-refractivity contribution is -0.384. The molecule has 4 amide bonds. The van der Waals surface area contributed by atoms with Crippen molar-refractivity contribution in [1.29, 1.82) is 0 Å². The number of ether oxygens (including phenoxy) is 2. The molecule has 3 aromatic carbocycles. The number of carbonyl (C=O) groups excluding carboxylic acids is 3. The number of barbiturate groups is 1. The van der Waals surface area contributed by atoms with Gasteiger partial charge < -0.3 is 9.47 Å². The Kier molecular flexibility index (Phi) is 7.93. The first-order valence-corrected chi connectivity index (χ1v) is 12.6. The molecule has 194 valence electrons. The number of imide groups is 2. The number of nitro benzene ring substituents is 1. The van der Waals surface area contributed by atoms with Crippen LogP contribution in [0.3, 0.4) is 0 Å². The summed E-state index contributed by atoms with van der Waals surface area (Å²) < 4.78 is 12.6. The van der Waals surface area contributed by atoms with E-state index in [2.05, 4.69) is 37.2 Å². The first-order valence-electron chi connectivity index (χ1n) is 11.0. The van der Waals surface area contributed by atoms with Gasteiger partial charge in [0.25, 0.3) is 17.5 Å². The lowest BCUT2D eigenvalue weighted by Gasteiger charge is -2.27. The van der Waals surface area contributed by atoms with Gasteiger partial charge in [0.2, 0.25) is 0 Å². The molecule has 4 rings (SSSR count). The van der Waals surface area contributed by atoms with Gasteiger partial charge in [-0.1, -0.05) is 31.9 Å². The number of methoxy groups -OCH3 is 1. The van der Waals surface area contributed by atoms with Gasteiger partial charge in [-0.2, -0.15) is 0 Å². The molecule has 10 nitrogen and oxygen atoms in total. The van der Waals surface area contributed by atoms with Gasteiger partial charge in [0.15, 0.2) is 11.5 Å². The Labute approximate surface area is 233 Å². The van der Waals surface area contributed by atoms with E-state index < -0.39 is 22.8 Å². The molecule has 0 radical (unpaired) electrons. The lowest BCUT2D eigenvalue weighted by Crippen LogP contribution is -2.54. The second-order valence-corrected chi connectivity index (χ2v) is 9.84. The van der Waals surface area contributed by atoms with Gasteiger partial charge in [0.05, 0.1) is 17.7 Å². The fourth-order valence-corrected chi connectivity index (χ4v) is 4.31. The number of halogens is 2. The van der Waals surface area contributed by atoms with E-state index in [0.717, 1.165) is 14.9 Å². The Morgan fingerprint density at radius 3 is 2.34 bits per heavy atom. The fraction of sp³-hybridized carbons (Fsp3) is 0.115. The molecular formula is C26H19Br2N3O7. The molecule has 1 aliphatic heterocycles. The summed E-state index contributed by atoms with van der Waals surface area (Å²) in [5.74, 6) is -0.914. The number of carbonyl (C=O) groups is 3. The van der Waals surface area contributed by atoms with Gasteiger partial charge in [-0.15, -0.1) is 0 Å². The zero-order chi connectivity index (χ0) is 27.6. The van der Waals surface area contributed by atoms with Crippen LogP contribution in [-0.2, 0) is 16.2 Å². The number of hydrogen-bond acceptors (Lipinski definition) is 7. The number of rotatable bonds is 7. The van der Waals surface area contributed by atoms with Crippen LogP contribution in [0.2, 0.25) is 0 Å². The molecule has 0 aliphatic carbocycles. The van der Waals surface area contributed by atoms with E-state index in [0.29, 0.717) is 32.8 Å². The van der Waals surface area contributed by atoms with Crippen molar-refractivity contribution in [3.63, 3.8) is 0 Å². The van der Waals surface area contributed by atoms with Crippen LogP contribution in [0.4, 0.5) is 16.2 Å². The maximum Gasteiger partial charge on any atom is 0.335 e. The number of amides is 4. The van der Waals surface area contributed by atoms with Crippen molar-refractivity contribution < 1.29 is 28.8 Å². The van der Waals surface area contributed by atoms with Crippen molar-refractivity contribution in [2.45, 2.75) is 13.5 Å². The van der Waals surface area contributed by atoms with Crippen molar-refractivity contribution in [3.8, 4) is 11.5 Å². The zero-order valence-corrected chi connectivity index (χ0v) is 23.2. The van der Waals surface area contributed by atoms with Crippen LogP contribution >= 0.6 is 31.9 Å². The highest BCUT2D eigenvalue weighted by Gasteiger charge is 2.37. The van der Waals surface area contributed by atoms with Crippen molar-refractivity contribution in [1.82, 2.24) is 5.32 Å². The predicted molar refractivity (Wildman–Crippen MR) is 146 cm³/mol. The second-order valence-electron chi connectivity index (χ2n) is 8.13. The summed E-state index contributed by atoms with van der Waals surface area (Å²) >= 11 is 6.82. The molecule has 0 atom stereocenters. The molecule has 1 aliphatic rings. The average molecular weight is 645 g/mol. The van der Waals surface area contributed by atoms with Crippen molar-refractivity contribution in [3.05, 3.63) is 95.9 Å². The molecule has 38 heavy (non-hydrogen) atoms. The number of nitro groups is 1. The first kappa shape index (κ1) is 27.0. The van der Waals surface area contributed by atoms with E-state index in [4.69, 9.17) is 9.47 Å². The minimum atomic E-state index is -0.842. The Hall–Kier alpha value is -4.03. The lowest BCUT2D eigenvalue weighted by atomic mass is 10.1. The van der Waals surface area contributed by atoms with E-state index in [1.165, 1.54) is 25.3 Å². The highest BCUT2D eigenvalue weighted by atomic mass is 79.9. The van der Waals surface area contributed by atoms with Gasteiger partial charge in [-0.05, 0) is 72.2 Å². The quantitative estimate of drug-likeness (QED) is 0.152. The molecule has 0 bridgehead atoms. The monoisotopic (exact) mass is 643 g/mol. The van der Waals surface area contributed by atoms with E-state index in [1.54, 1.807) is 42.5 Å². The standard InChI is InChI=1S/C26H19Br2N3O7/c1-14-9-18(7-8-20(14)27)30-25(33)19(24(32)29-26(30)34)10-16-11-22(37-2)23(12-21(16)28)38-13-15-3-5-17(6-4-15)31(35)36/h3-12H,13H2,1-2H3,(H,29,32,34)/b19-10+. The molecule has 1 heterocycles. The normalized spacial score (nSPS) is 14.5. The Bertz CT molecular complexity index is 1500.